The Morgan fingerprint density at radius 3 is 2.40 bits per heavy atom. The van der Waals surface area contributed by atoms with Gasteiger partial charge in [0.25, 0.3) is 0 Å². The Hall–Kier alpha value is -2.31. The summed E-state index contributed by atoms with van der Waals surface area (Å²) in [5.41, 5.74) is 12.9. The monoisotopic (exact) mass is 344 g/mol. The van der Waals surface area contributed by atoms with Crippen LogP contribution in [0.4, 0.5) is 15.8 Å². The highest BCUT2D eigenvalue weighted by Gasteiger charge is 2.42. The molecular weight excluding hydrogens is 319 g/mol. The Morgan fingerprint density at radius 1 is 1.00 bits per heavy atom. The van der Waals surface area contributed by atoms with Gasteiger partial charge in [0.1, 0.15) is 11.5 Å². The first-order valence-corrected chi connectivity index (χ1v) is 9.13. The maximum Gasteiger partial charge on any atom is 0.220 e. The Morgan fingerprint density at radius 2 is 1.72 bits per heavy atom. The van der Waals surface area contributed by atoms with E-state index in [0.717, 1.165) is 51.6 Å². The van der Waals surface area contributed by atoms with Crippen molar-refractivity contribution in [3.8, 4) is 0 Å². The van der Waals surface area contributed by atoms with Crippen LogP contribution < -0.4 is 21.3 Å². The highest BCUT2D eigenvalue weighted by atomic mass is 19.1. The molecule has 0 aromatic heterocycles. The van der Waals surface area contributed by atoms with E-state index < -0.39 is 5.66 Å². The minimum Gasteiger partial charge on any atom is -0.369 e. The fourth-order valence-electron chi connectivity index (χ4n) is 4.34. The molecular formula is C18H25FN6. The van der Waals surface area contributed by atoms with E-state index in [-0.39, 0.29) is 11.8 Å². The van der Waals surface area contributed by atoms with Crippen LogP contribution in [-0.2, 0) is 0 Å². The fraction of sp³-hybridized carbons (Fsp3) is 0.556. The summed E-state index contributed by atoms with van der Waals surface area (Å²) < 4.78 is 14.8. The van der Waals surface area contributed by atoms with E-state index in [1.807, 2.05) is 17.0 Å². The number of aliphatic imine (C=N–C) groups is 2. The van der Waals surface area contributed by atoms with E-state index in [2.05, 4.69) is 14.9 Å². The van der Waals surface area contributed by atoms with Crippen LogP contribution >= 0.6 is 0 Å². The van der Waals surface area contributed by atoms with Crippen molar-refractivity contribution in [2.75, 3.05) is 22.9 Å². The second kappa shape index (κ2) is 6.20. The summed E-state index contributed by atoms with van der Waals surface area (Å²) >= 11 is 0. The second-order valence-corrected chi connectivity index (χ2v) is 7.15. The second-order valence-electron chi connectivity index (χ2n) is 7.15. The molecule has 0 atom stereocenters. The van der Waals surface area contributed by atoms with Crippen LogP contribution in [0.2, 0.25) is 0 Å². The quantitative estimate of drug-likeness (QED) is 0.863. The summed E-state index contributed by atoms with van der Waals surface area (Å²) in [7, 11) is 0. The van der Waals surface area contributed by atoms with Gasteiger partial charge in [-0.3, -0.25) is 4.90 Å². The smallest absolute Gasteiger partial charge is 0.220 e. The van der Waals surface area contributed by atoms with E-state index in [9.17, 15) is 4.39 Å². The zero-order valence-electron chi connectivity index (χ0n) is 14.4. The predicted octanol–water partition coefficient (Wildman–Crippen LogP) is 2.54. The standard InChI is InChI=1S/C18H25FN6/c19-14-12-13(6-7-15(14)24-10-4-5-11-24)25-17(21)22-16(20)23-18(25)8-2-1-3-9-18/h6-7,12H,1-5,8-11H2,(H4,20,21,22,23). The number of nitrogens with two attached hydrogens (primary N) is 2. The van der Waals surface area contributed by atoms with Gasteiger partial charge in [0, 0.05) is 18.8 Å². The highest BCUT2D eigenvalue weighted by Crippen LogP contribution is 2.40. The average Bonchev–Trinajstić information content (AvgIpc) is 3.09. The molecule has 1 aliphatic carbocycles. The lowest BCUT2D eigenvalue weighted by molar-refractivity contribution is 0.305. The Bertz CT molecular complexity index is 716. The SMILES string of the molecule is NC1=NC2(CCCCC2)N(c2ccc(N3CCCC3)c(F)c2)C(N)=N1. The average molecular weight is 344 g/mol. The lowest BCUT2D eigenvalue weighted by Crippen LogP contribution is -2.58. The van der Waals surface area contributed by atoms with Crippen molar-refractivity contribution in [1.29, 1.82) is 0 Å². The maximum absolute atomic E-state index is 14.8. The van der Waals surface area contributed by atoms with Crippen LogP contribution in [-0.4, -0.2) is 30.7 Å². The number of guanidine groups is 2. The zero-order chi connectivity index (χ0) is 17.4. The molecule has 0 bridgehead atoms. The lowest BCUT2D eigenvalue weighted by atomic mass is 9.87. The summed E-state index contributed by atoms with van der Waals surface area (Å²) in [5.74, 6) is 0.285. The third-order valence-corrected chi connectivity index (χ3v) is 5.49. The number of hydrogen-bond donors (Lipinski definition) is 2. The van der Waals surface area contributed by atoms with E-state index in [0.29, 0.717) is 17.3 Å². The van der Waals surface area contributed by atoms with Gasteiger partial charge in [-0.15, -0.1) is 0 Å². The molecule has 1 aromatic rings. The van der Waals surface area contributed by atoms with E-state index >= 15 is 0 Å². The third-order valence-electron chi connectivity index (χ3n) is 5.49. The fourth-order valence-corrected chi connectivity index (χ4v) is 4.34. The van der Waals surface area contributed by atoms with Gasteiger partial charge in [0.05, 0.1) is 5.69 Å². The first-order chi connectivity index (χ1) is 12.1. The van der Waals surface area contributed by atoms with Gasteiger partial charge in [-0.2, -0.15) is 4.99 Å². The summed E-state index contributed by atoms with van der Waals surface area (Å²) in [6.45, 7) is 1.82. The Kier molecular flexibility index (Phi) is 4.01. The molecule has 0 radical (unpaired) electrons. The molecule has 6 nitrogen and oxygen atoms in total. The van der Waals surface area contributed by atoms with Crippen molar-refractivity contribution in [2.24, 2.45) is 21.5 Å². The van der Waals surface area contributed by atoms with Crippen LogP contribution in [0.3, 0.4) is 0 Å². The number of anilines is 2. The molecule has 2 aliphatic heterocycles. The number of benzene rings is 1. The van der Waals surface area contributed by atoms with Crippen LogP contribution in [0.1, 0.15) is 44.9 Å². The summed E-state index contributed by atoms with van der Waals surface area (Å²) in [4.78, 5) is 12.7. The van der Waals surface area contributed by atoms with Crippen LogP contribution in [0.5, 0.6) is 0 Å². The predicted molar refractivity (Wildman–Crippen MR) is 99.4 cm³/mol. The Labute approximate surface area is 147 Å². The summed E-state index contributed by atoms with van der Waals surface area (Å²) in [6.07, 6.45) is 7.20. The molecule has 134 valence electrons. The third kappa shape index (κ3) is 2.81. The number of nitrogens with zero attached hydrogens (tertiary/aromatic N) is 4. The molecule has 4 rings (SSSR count). The molecule has 7 heteroatoms. The molecule has 25 heavy (non-hydrogen) atoms. The van der Waals surface area contributed by atoms with E-state index in [4.69, 9.17) is 11.5 Å². The molecule has 4 N–H and O–H groups in total. The molecule has 1 aromatic carbocycles. The number of hydrogen-bond acceptors (Lipinski definition) is 6. The zero-order valence-corrected chi connectivity index (χ0v) is 14.4. The molecule has 0 unspecified atom stereocenters. The lowest BCUT2D eigenvalue weighted by Gasteiger charge is -2.45. The van der Waals surface area contributed by atoms with Crippen LogP contribution in [0, 0.1) is 5.82 Å². The van der Waals surface area contributed by atoms with Gasteiger partial charge in [-0.25, -0.2) is 9.38 Å². The van der Waals surface area contributed by atoms with Crippen molar-refractivity contribution in [3.63, 3.8) is 0 Å². The van der Waals surface area contributed by atoms with Crippen molar-refractivity contribution < 1.29 is 4.39 Å². The van der Waals surface area contributed by atoms with Crippen molar-refractivity contribution >= 4 is 23.3 Å². The van der Waals surface area contributed by atoms with Crippen LogP contribution in [0.25, 0.3) is 0 Å². The van der Waals surface area contributed by atoms with Gasteiger partial charge in [-0.05, 0) is 56.7 Å². The van der Waals surface area contributed by atoms with Gasteiger partial charge < -0.3 is 16.4 Å². The molecule has 0 amide bonds. The molecule has 1 spiro atoms. The van der Waals surface area contributed by atoms with E-state index in [1.54, 1.807) is 6.07 Å². The number of halogens is 1. The van der Waals surface area contributed by atoms with E-state index in [1.165, 1.54) is 6.42 Å². The highest BCUT2D eigenvalue weighted by molar-refractivity contribution is 6.05. The minimum absolute atomic E-state index is 0.213. The molecule has 2 heterocycles. The summed E-state index contributed by atoms with van der Waals surface area (Å²) in [6, 6.07) is 5.33. The normalized spacial score (nSPS) is 22.9. The molecule has 1 saturated carbocycles. The molecule has 3 aliphatic rings. The number of rotatable bonds is 2. The van der Waals surface area contributed by atoms with Gasteiger partial charge >= 0.3 is 0 Å². The van der Waals surface area contributed by atoms with Crippen molar-refractivity contribution in [2.45, 2.75) is 50.6 Å². The first kappa shape index (κ1) is 16.2. The van der Waals surface area contributed by atoms with Gasteiger partial charge in [-0.1, -0.05) is 6.42 Å². The van der Waals surface area contributed by atoms with Crippen molar-refractivity contribution in [3.05, 3.63) is 24.0 Å². The molecule has 1 saturated heterocycles. The molecule has 2 fully saturated rings. The van der Waals surface area contributed by atoms with Gasteiger partial charge in [0.15, 0.2) is 0 Å². The maximum atomic E-state index is 14.8. The Balaban J connectivity index is 1.71. The summed E-state index contributed by atoms with van der Waals surface area (Å²) in [5, 5.41) is 0. The van der Waals surface area contributed by atoms with Crippen molar-refractivity contribution in [1.82, 2.24) is 0 Å². The van der Waals surface area contributed by atoms with Gasteiger partial charge in [0.2, 0.25) is 11.9 Å². The largest absolute Gasteiger partial charge is 0.369 e. The minimum atomic E-state index is -0.532. The van der Waals surface area contributed by atoms with Crippen LogP contribution in [0.15, 0.2) is 28.2 Å². The topological polar surface area (TPSA) is 83.2 Å². The first-order valence-electron chi connectivity index (χ1n) is 9.13.